The summed E-state index contributed by atoms with van der Waals surface area (Å²) in [5, 5.41) is 3.33. The summed E-state index contributed by atoms with van der Waals surface area (Å²) in [5.74, 6) is 3.21. The van der Waals surface area contributed by atoms with Crippen LogP contribution in [0, 0.1) is 17.8 Å². The SMILES string of the molecule is C1NCC1CN1CC2CC2C1. The molecule has 3 aliphatic rings. The van der Waals surface area contributed by atoms with Crippen molar-refractivity contribution >= 4 is 0 Å². The van der Waals surface area contributed by atoms with Crippen LogP contribution in [0.4, 0.5) is 0 Å². The molecule has 3 rings (SSSR count). The van der Waals surface area contributed by atoms with Crippen molar-refractivity contribution < 1.29 is 0 Å². The lowest BCUT2D eigenvalue weighted by molar-refractivity contribution is 0.209. The highest BCUT2D eigenvalue weighted by molar-refractivity contribution is 4.97. The highest BCUT2D eigenvalue weighted by Crippen LogP contribution is 2.44. The molecule has 3 fully saturated rings. The molecule has 1 saturated carbocycles. The fourth-order valence-corrected chi connectivity index (χ4v) is 2.49. The van der Waals surface area contributed by atoms with E-state index in [9.17, 15) is 0 Å². The monoisotopic (exact) mass is 152 g/mol. The molecule has 2 atom stereocenters. The molecule has 0 amide bonds. The lowest BCUT2D eigenvalue weighted by Crippen LogP contribution is -2.48. The Bertz CT molecular complexity index is 155. The zero-order valence-electron chi connectivity index (χ0n) is 6.92. The van der Waals surface area contributed by atoms with Crippen LogP contribution in [0.15, 0.2) is 0 Å². The Labute approximate surface area is 68.0 Å². The van der Waals surface area contributed by atoms with E-state index in [0.29, 0.717) is 0 Å². The molecule has 11 heavy (non-hydrogen) atoms. The quantitative estimate of drug-likeness (QED) is 0.606. The molecule has 0 spiro atoms. The topological polar surface area (TPSA) is 15.3 Å². The third kappa shape index (κ3) is 1.09. The van der Waals surface area contributed by atoms with Gasteiger partial charge in [-0.2, -0.15) is 0 Å². The molecule has 2 aliphatic heterocycles. The molecule has 2 nitrogen and oxygen atoms in total. The number of nitrogens with zero attached hydrogens (tertiary/aromatic N) is 1. The third-order valence-electron chi connectivity index (χ3n) is 3.44. The first kappa shape index (κ1) is 6.44. The van der Waals surface area contributed by atoms with Gasteiger partial charge in [-0.25, -0.2) is 0 Å². The second-order valence-electron chi connectivity index (χ2n) is 4.50. The maximum absolute atomic E-state index is 3.33. The first-order chi connectivity index (χ1) is 5.42. The van der Waals surface area contributed by atoms with Gasteiger partial charge in [0, 0.05) is 32.7 Å². The number of nitrogens with one attached hydrogen (secondary N) is 1. The molecule has 0 bridgehead atoms. The molecule has 0 aromatic rings. The van der Waals surface area contributed by atoms with E-state index in [1.54, 1.807) is 6.42 Å². The molecule has 1 N–H and O–H groups in total. The first-order valence-corrected chi connectivity index (χ1v) is 4.85. The van der Waals surface area contributed by atoms with E-state index in [-0.39, 0.29) is 0 Å². The summed E-state index contributed by atoms with van der Waals surface area (Å²) >= 11 is 0. The number of hydrogen-bond donors (Lipinski definition) is 1. The van der Waals surface area contributed by atoms with Crippen molar-refractivity contribution in [2.45, 2.75) is 6.42 Å². The van der Waals surface area contributed by atoms with Gasteiger partial charge in [-0.3, -0.25) is 0 Å². The predicted octanol–water partition coefficient (Wildman–Crippen LogP) is 0.157. The maximum atomic E-state index is 3.33. The van der Waals surface area contributed by atoms with Gasteiger partial charge in [-0.15, -0.1) is 0 Å². The molecular formula is C9H16N2. The fraction of sp³-hybridized carbons (Fsp3) is 1.00. The minimum atomic E-state index is 0.979. The Kier molecular flexibility index (Phi) is 1.29. The van der Waals surface area contributed by atoms with Crippen LogP contribution in [0.1, 0.15) is 6.42 Å². The summed E-state index contributed by atoms with van der Waals surface area (Å²) in [4.78, 5) is 2.67. The van der Waals surface area contributed by atoms with Gasteiger partial charge in [0.2, 0.25) is 0 Å². The fourth-order valence-electron chi connectivity index (χ4n) is 2.49. The Morgan fingerprint density at radius 1 is 1.18 bits per heavy atom. The van der Waals surface area contributed by atoms with Crippen molar-refractivity contribution in [2.75, 3.05) is 32.7 Å². The van der Waals surface area contributed by atoms with Crippen molar-refractivity contribution in [1.29, 1.82) is 0 Å². The van der Waals surface area contributed by atoms with E-state index in [4.69, 9.17) is 0 Å². The molecule has 1 aliphatic carbocycles. The second-order valence-corrected chi connectivity index (χ2v) is 4.50. The van der Waals surface area contributed by atoms with Gasteiger partial charge in [-0.1, -0.05) is 0 Å². The van der Waals surface area contributed by atoms with Crippen LogP contribution in [0.2, 0.25) is 0 Å². The molecule has 0 aromatic heterocycles. The van der Waals surface area contributed by atoms with E-state index < -0.39 is 0 Å². The largest absolute Gasteiger partial charge is 0.316 e. The van der Waals surface area contributed by atoms with Gasteiger partial charge in [0.25, 0.3) is 0 Å². The first-order valence-electron chi connectivity index (χ1n) is 4.85. The predicted molar refractivity (Wildman–Crippen MR) is 44.4 cm³/mol. The molecule has 0 radical (unpaired) electrons. The Balaban J connectivity index is 1.49. The molecular weight excluding hydrogens is 136 g/mol. The van der Waals surface area contributed by atoms with Crippen LogP contribution in [-0.2, 0) is 0 Å². The molecule has 2 saturated heterocycles. The van der Waals surface area contributed by atoms with Gasteiger partial charge in [-0.05, 0) is 24.2 Å². The molecule has 2 unspecified atom stereocenters. The Morgan fingerprint density at radius 3 is 2.45 bits per heavy atom. The van der Waals surface area contributed by atoms with E-state index >= 15 is 0 Å². The van der Waals surface area contributed by atoms with Crippen LogP contribution in [-0.4, -0.2) is 37.6 Å². The van der Waals surface area contributed by atoms with Gasteiger partial charge in [0.15, 0.2) is 0 Å². The normalized spacial score (nSPS) is 43.6. The van der Waals surface area contributed by atoms with E-state index in [1.165, 1.54) is 32.7 Å². The second kappa shape index (κ2) is 2.20. The number of hydrogen-bond acceptors (Lipinski definition) is 2. The summed E-state index contributed by atoms with van der Waals surface area (Å²) in [6.45, 7) is 6.75. The lowest BCUT2D eigenvalue weighted by Gasteiger charge is -2.31. The van der Waals surface area contributed by atoms with Gasteiger partial charge < -0.3 is 10.2 Å². The van der Waals surface area contributed by atoms with Gasteiger partial charge in [0.05, 0.1) is 0 Å². The zero-order valence-corrected chi connectivity index (χ0v) is 6.92. The minimum absolute atomic E-state index is 0.979. The van der Waals surface area contributed by atoms with E-state index in [0.717, 1.165) is 17.8 Å². The van der Waals surface area contributed by atoms with Crippen LogP contribution in [0.3, 0.4) is 0 Å². The average Bonchev–Trinajstić information content (AvgIpc) is 2.51. The summed E-state index contributed by atoms with van der Waals surface area (Å²) in [6, 6.07) is 0. The van der Waals surface area contributed by atoms with E-state index in [1.807, 2.05) is 0 Å². The van der Waals surface area contributed by atoms with Gasteiger partial charge in [0.1, 0.15) is 0 Å². The standard InChI is InChI=1S/C9H16N2/c1-8-5-11(6-9(1)8)4-7-2-10-3-7/h7-10H,1-6H2. The minimum Gasteiger partial charge on any atom is -0.316 e. The summed E-state index contributed by atoms with van der Waals surface area (Å²) in [5.41, 5.74) is 0. The van der Waals surface area contributed by atoms with Crippen LogP contribution < -0.4 is 5.32 Å². The van der Waals surface area contributed by atoms with Crippen LogP contribution in [0.25, 0.3) is 0 Å². The van der Waals surface area contributed by atoms with Crippen molar-refractivity contribution in [3.63, 3.8) is 0 Å². The number of rotatable bonds is 2. The average molecular weight is 152 g/mol. The smallest absolute Gasteiger partial charge is 0.00342 e. The molecule has 0 aromatic carbocycles. The highest BCUT2D eigenvalue weighted by atomic mass is 15.2. The van der Waals surface area contributed by atoms with Crippen molar-refractivity contribution in [3.05, 3.63) is 0 Å². The lowest BCUT2D eigenvalue weighted by atomic mass is 10.0. The van der Waals surface area contributed by atoms with Gasteiger partial charge >= 0.3 is 0 Å². The van der Waals surface area contributed by atoms with Crippen LogP contribution in [0.5, 0.6) is 0 Å². The zero-order chi connectivity index (χ0) is 7.26. The van der Waals surface area contributed by atoms with Crippen LogP contribution >= 0.6 is 0 Å². The Hall–Kier alpha value is -0.0800. The van der Waals surface area contributed by atoms with E-state index in [2.05, 4.69) is 10.2 Å². The molecule has 2 heterocycles. The number of fused-ring (bicyclic) bond motifs is 1. The third-order valence-corrected chi connectivity index (χ3v) is 3.44. The number of likely N-dealkylation sites (tertiary alicyclic amines) is 1. The number of piperidine rings is 1. The summed E-state index contributed by atoms with van der Waals surface area (Å²) < 4.78 is 0. The Morgan fingerprint density at radius 2 is 1.91 bits per heavy atom. The van der Waals surface area contributed by atoms with Crippen molar-refractivity contribution in [2.24, 2.45) is 17.8 Å². The molecule has 62 valence electrons. The maximum Gasteiger partial charge on any atom is 0.00342 e. The summed E-state index contributed by atoms with van der Waals surface area (Å²) in [6.07, 6.45) is 1.54. The highest BCUT2D eigenvalue weighted by Gasteiger charge is 2.45. The van der Waals surface area contributed by atoms with Crippen molar-refractivity contribution in [1.82, 2.24) is 10.2 Å². The van der Waals surface area contributed by atoms with Crippen molar-refractivity contribution in [3.8, 4) is 0 Å². The molecule has 2 heteroatoms. The summed E-state index contributed by atoms with van der Waals surface area (Å²) in [7, 11) is 0.